The van der Waals surface area contributed by atoms with Crippen molar-refractivity contribution in [2.75, 3.05) is 20.3 Å². The summed E-state index contributed by atoms with van der Waals surface area (Å²) in [5.74, 6) is 0.785. The van der Waals surface area contributed by atoms with E-state index in [1.54, 1.807) is 7.11 Å². The molecule has 310 valence electrons. The maximum atomic E-state index is 11.3. The van der Waals surface area contributed by atoms with Gasteiger partial charge in [0, 0.05) is 20.9 Å². The van der Waals surface area contributed by atoms with E-state index in [0.29, 0.717) is 19.8 Å². The lowest BCUT2D eigenvalue weighted by molar-refractivity contribution is -0.325. The van der Waals surface area contributed by atoms with Crippen LogP contribution in [0.4, 0.5) is 0 Å². The van der Waals surface area contributed by atoms with E-state index in [2.05, 4.69) is 0 Å². The number of ether oxygens (including phenoxy) is 8. The predicted octanol–water partition coefficient (Wildman–Crippen LogP) is 6.91. The first-order valence-corrected chi connectivity index (χ1v) is 21.4. The number of hydrogen-bond acceptors (Lipinski definition) is 13. The van der Waals surface area contributed by atoms with E-state index in [-0.39, 0.29) is 6.10 Å². The molecule has 59 heavy (non-hydrogen) atoms. The van der Waals surface area contributed by atoms with E-state index in [1.807, 2.05) is 146 Å². The van der Waals surface area contributed by atoms with Gasteiger partial charge in [0.2, 0.25) is 0 Å². The molecule has 6 unspecified atom stereocenters. The lowest BCUT2D eigenvalue weighted by Gasteiger charge is -2.47. The van der Waals surface area contributed by atoms with E-state index in [0.717, 1.165) is 32.2 Å². The van der Waals surface area contributed by atoms with Crippen LogP contribution in [0.1, 0.15) is 29.3 Å². The van der Waals surface area contributed by atoms with Gasteiger partial charge in [-0.3, -0.25) is 0 Å². The average molecular weight is 841 g/mol. The van der Waals surface area contributed by atoms with Crippen molar-refractivity contribution >= 4 is 23.5 Å². The molecule has 13 heteroatoms. The molecule has 4 heterocycles. The first-order valence-electron chi connectivity index (χ1n) is 19.6. The molecule has 0 amide bonds. The van der Waals surface area contributed by atoms with Crippen molar-refractivity contribution < 1.29 is 53.2 Å². The fourth-order valence-corrected chi connectivity index (χ4v) is 9.42. The zero-order chi connectivity index (χ0) is 40.6. The molecule has 0 bridgehead atoms. The summed E-state index contributed by atoms with van der Waals surface area (Å²) in [5.41, 5.74) is 1.70. The molecular formula is C46H48O11S2. The van der Waals surface area contributed by atoms with Crippen LogP contribution in [0.3, 0.4) is 0 Å². The molecule has 4 aliphatic heterocycles. The van der Waals surface area contributed by atoms with Gasteiger partial charge in [0.05, 0.1) is 26.9 Å². The molecule has 5 aromatic carbocycles. The molecule has 4 aliphatic rings. The molecule has 0 saturated carbocycles. The fraction of sp³-hybridized carbons (Fsp3) is 0.348. The fourth-order valence-electron chi connectivity index (χ4n) is 7.27. The SMILES string of the molecule is COc1ccc(CO[C@@H]2C(O)[C@H](Sc3ccccc3)OC3COC(c4ccccc4)O[C@H]32)cc1.OC1[C@@H](O)[C@@H]2OC(c3ccccc3)OCC2O[C@H]1Sc1ccccc1. The number of rotatable bonds is 10. The molecule has 12 atom stereocenters. The molecule has 0 radical (unpaired) electrons. The van der Waals surface area contributed by atoms with E-state index in [4.69, 9.17) is 37.9 Å². The Labute approximate surface area is 352 Å². The average Bonchev–Trinajstić information content (AvgIpc) is 3.29. The largest absolute Gasteiger partial charge is 0.497 e. The number of hydrogen-bond donors (Lipinski definition) is 3. The Hall–Kier alpha value is -3.80. The van der Waals surface area contributed by atoms with Gasteiger partial charge in [-0.25, -0.2) is 0 Å². The van der Waals surface area contributed by atoms with Crippen LogP contribution in [0.25, 0.3) is 0 Å². The molecule has 0 spiro atoms. The summed E-state index contributed by atoms with van der Waals surface area (Å²) in [6, 6.07) is 46.6. The summed E-state index contributed by atoms with van der Waals surface area (Å²) >= 11 is 2.86. The highest BCUT2D eigenvalue weighted by molar-refractivity contribution is 8.00. The van der Waals surface area contributed by atoms with Gasteiger partial charge in [-0.2, -0.15) is 0 Å². The van der Waals surface area contributed by atoms with Crippen molar-refractivity contribution in [3.8, 4) is 5.75 Å². The molecule has 9 rings (SSSR count). The Morgan fingerprint density at radius 1 is 0.525 bits per heavy atom. The van der Waals surface area contributed by atoms with Gasteiger partial charge in [0.1, 0.15) is 65.5 Å². The van der Waals surface area contributed by atoms with E-state index >= 15 is 0 Å². The van der Waals surface area contributed by atoms with Crippen LogP contribution in [0, 0.1) is 0 Å². The van der Waals surface area contributed by atoms with Crippen molar-refractivity contribution in [2.45, 2.75) is 88.7 Å². The van der Waals surface area contributed by atoms with Crippen molar-refractivity contribution in [3.63, 3.8) is 0 Å². The number of benzene rings is 5. The van der Waals surface area contributed by atoms with Gasteiger partial charge < -0.3 is 53.2 Å². The van der Waals surface area contributed by atoms with Gasteiger partial charge in [0.25, 0.3) is 0 Å². The first kappa shape index (κ1) is 41.9. The minimum Gasteiger partial charge on any atom is -0.497 e. The Morgan fingerprint density at radius 3 is 1.49 bits per heavy atom. The highest BCUT2D eigenvalue weighted by Crippen LogP contribution is 2.41. The number of methoxy groups -OCH3 is 1. The lowest BCUT2D eigenvalue weighted by atomic mass is 9.98. The van der Waals surface area contributed by atoms with Gasteiger partial charge in [-0.1, -0.05) is 133 Å². The standard InChI is InChI=1S/C27H28O6S.C19H20O5S/c1-29-20-14-12-18(13-15-20)16-30-25-23(28)27(34-21-10-6-3-7-11-21)32-22-17-31-26(33-24(22)25)19-8-4-2-5-9-19;20-15-16(21)19(25-13-9-5-2-6-10-13)23-14-11-22-18(24-17(14)15)12-7-3-1-4-8-12/h2-15,22-28H,16-17H2,1H3;1-10,14-21H,11H2/t22?,23?,24-,25-,26?,27+;14?,15-,16?,17-,18?,19+/m11/s1. The third-order valence-corrected chi connectivity index (χ3v) is 12.7. The first-order chi connectivity index (χ1) is 28.9. The number of aliphatic hydroxyl groups is 3. The monoisotopic (exact) mass is 840 g/mol. The second kappa shape index (κ2) is 20.2. The molecular weight excluding hydrogens is 793 g/mol. The molecule has 5 aromatic rings. The predicted molar refractivity (Wildman–Crippen MR) is 222 cm³/mol. The van der Waals surface area contributed by atoms with Crippen LogP contribution in [-0.4, -0.2) is 95.3 Å². The summed E-state index contributed by atoms with van der Waals surface area (Å²) in [4.78, 5) is 1.98. The zero-order valence-electron chi connectivity index (χ0n) is 32.3. The third-order valence-electron chi connectivity index (χ3n) is 10.4. The number of aliphatic hydroxyl groups excluding tert-OH is 3. The quantitative estimate of drug-likeness (QED) is 0.135. The second-order valence-electron chi connectivity index (χ2n) is 14.4. The number of fused-ring (bicyclic) bond motifs is 2. The summed E-state index contributed by atoms with van der Waals surface area (Å²) in [6.07, 6.45) is -6.52. The lowest BCUT2D eigenvalue weighted by Crippen LogP contribution is -2.61. The van der Waals surface area contributed by atoms with Crippen LogP contribution < -0.4 is 4.74 Å². The zero-order valence-corrected chi connectivity index (χ0v) is 34.0. The summed E-state index contributed by atoms with van der Waals surface area (Å²) in [7, 11) is 1.64. The molecule has 4 saturated heterocycles. The maximum absolute atomic E-state index is 11.3. The molecule has 3 N–H and O–H groups in total. The van der Waals surface area contributed by atoms with Crippen molar-refractivity contribution in [2.24, 2.45) is 0 Å². The minimum atomic E-state index is -1.04. The summed E-state index contributed by atoms with van der Waals surface area (Å²) < 4.78 is 47.8. The van der Waals surface area contributed by atoms with E-state index in [1.165, 1.54) is 23.5 Å². The maximum Gasteiger partial charge on any atom is 0.184 e. The highest BCUT2D eigenvalue weighted by Gasteiger charge is 2.51. The Bertz CT molecular complexity index is 2000. The highest BCUT2D eigenvalue weighted by atomic mass is 32.2. The number of thioether (sulfide) groups is 2. The van der Waals surface area contributed by atoms with E-state index < -0.39 is 66.2 Å². The van der Waals surface area contributed by atoms with Crippen LogP contribution in [0.15, 0.2) is 155 Å². The Balaban J connectivity index is 0.000000172. The van der Waals surface area contributed by atoms with Gasteiger partial charge in [-0.15, -0.1) is 0 Å². The van der Waals surface area contributed by atoms with Crippen molar-refractivity contribution in [1.29, 1.82) is 0 Å². The molecule has 4 fully saturated rings. The van der Waals surface area contributed by atoms with Gasteiger partial charge in [0.15, 0.2) is 12.6 Å². The van der Waals surface area contributed by atoms with E-state index in [9.17, 15) is 15.3 Å². The Morgan fingerprint density at radius 2 is 0.983 bits per heavy atom. The van der Waals surface area contributed by atoms with Crippen molar-refractivity contribution in [1.82, 2.24) is 0 Å². The molecule has 0 aromatic heterocycles. The van der Waals surface area contributed by atoms with Crippen molar-refractivity contribution in [3.05, 3.63) is 162 Å². The second-order valence-corrected chi connectivity index (χ2v) is 16.7. The topological polar surface area (TPSA) is 135 Å². The van der Waals surface area contributed by atoms with Crippen LogP contribution >= 0.6 is 23.5 Å². The summed E-state index contributed by atoms with van der Waals surface area (Å²) in [5, 5.41) is 32.4. The van der Waals surface area contributed by atoms with Crippen LogP contribution in [0.5, 0.6) is 5.75 Å². The molecule has 0 aliphatic carbocycles. The smallest absolute Gasteiger partial charge is 0.184 e. The van der Waals surface area contributed by atoms with Crippen LogP contribution in [0.2, 0.25) is 0 Å². The van der Waals surface area contributed by atoms with Crippen LogP contribution in [-0.2, 0) is 39.8 Å². The normalized spacial score (nSPS) is 31.5. The third kappa shape index (κ3) is 10.4. The minimum absolute atomic E-state index is 0.305. The van der Waals surface area contributed by atoms with Gasteiger partial charge in [-0.05, 0) is 42.0 Å². The van der Waals surface area contributed by atoms with Gasteiger partial charge >= 0.3 is 0 Å². The molecule has 11 nitrogen and oxygen atoms in total. The Kier molecular flexibility index (Phi) is 14.3. The summed E-state index contributed by atoms with van der Waals surface area (Å²) in [6.45, 7) is 0.989.